The van der Waals surface area contributed by atoms with Crippen LogP contribution >= 0.6 is 24.0 Å². The van der Waals surface area contributed by atoms with Gasteiger partial charge < -0.3 is 5.32 Å². The fraction of sp³-hybridized carbons (Fsp3) is 0.647. The van der Waals surface area contributed by atoms with E-state index in [0.29, 0.717) is 5.92 Å². The molecule has 1 saturated carbocycles. The molecular formula is C17H23Cl2F3N2. The number of nitrogens with zero attached hydrogens (tertiary/aromatic N) is 1. The first-order valence-electron chi connectivity index (χ1n) is 8.28. The molecule has 0 amide bonds. The highest BCUT2D eigenvalue weighted by Crippen LogP contribution is 2.42. The minimum Gasteiger partial charge on any atom is -0.314 e. The molecule has 1 heterocycles. The largest absolute Gasteiger partial charge is 0.417 e. The number of halogens is 5. The van der Waals surface area contributed by atoms with Gasteiger partial charge in [-0.2, -0.15) is 13.2 Å². The van der Waals surface area contributed by atoms with Crippen molar-refractivity contribution in [2.45, 2.75) is 37.9 Å². The van der Waals surface area contributed by atoms with Crippen LogP contribution in [0.1, 0.15) is 42.9 Å². The van der Waals surface area contributed by atoms with Crippen LogP contribution < -0.4 is 5.32 Å². The van der Waals surface area contributed by atoms with E-state index in [0.717, 1.165) is 50.7 Å². The molecule has 0 bridgehead atoms. The quantitative estimate of drug-likeness (QED) is 0.797. The van der Waals surface area contributed by atoms with Crippen LogP contribution in [-0.2, 0) is 6.18 Å². The topological polar surface area (TPSA) is 15.3 Å². The van der Waals surface area contributed by atoms with E-state index in [4.69, 9.17) is 11.6 Å². The molecule has 0 radical (unpaired) electrons. The Morgan fingerprint density at radius 1 is 1.12 bits per heavy atom. The van der Waals surface area contributed by atoms with Gasteiger partial charge in [-0.25, -0.2) is 0 Å². The van der Waals surface area contributed by atoms with Gasteiger partial charge in [-0.1, -0.05) is 30.5 Å². The van der Waals surface area contributed by atoms with Crippen molar-refractivity contribution in [2.24, 2.45) is 5.92 Å². The lowest BCUT2D eigenvalue weighted by molar-refractivity contribution is -0.137. The van der Waals surface area contributed by atoms with Crippen LogP contribution in [0.2, 0.25) is 5.02 Å². The number of piperazine rings is 1. The van der Waals surface area contributed by atoms with Crippen molar-refractivity contribution >= 4 is 24.0 Å². The van der Waals surface area contributed by atoms with Gasteiger partial charge in [0.2, 0.25) is 0 Å². The Morgan fingerprint density at radius 3 is 2.29 bits per heavy atom. The molecule has 24 heavy (non-hydrogen) atoms. The Kier molecular flexibility index (Phi) is 6.82. The number of hydrogen-bond donors (Lipinski definition) is 1. The second-order valence-corrected chi connectivity index (χ2v) is 6.92. The van der Waals surface area contributed by atoms with Crippen LogP contribution in [0.5, 0.6) is 0 Å². The van der Waals surface area contributed by atoms with Gasteiger partial charge in [0.25, 0.3) is 0 Å². The zero-order valence-corrected chi connectivity index (χ0v) is 15.0. The molecule has 0 spiro atoms. The van der Waals surface area contributed by atoms with Crippen molar-refractivity contribution in [3.05, 3.63) is 34.3 Å². The van der Waals surface area contributed by atoms with Crippen molar-refractivity contribution in [3.8, 4) is 0 Å². The first-order chi connectivity index (χ1) is 11.0. The van der Waals surface area contributed by atoms with Crippen LogP contribution in [0.15, 0.2) is 18.2 Å². The van der Waals surface area contributed by atoms with E-state index in [2.05, 4.69) is 10.2 Å². The predicted octanol–water partition coefficient (Wildman–Crippen LogP) is 4.92. The van der Waals surface area contributed by atoms with Gasteiger partial charge in [0.15, 0.2) is 0 Å². The smallest absolute Gasteiger partial charge is 0.314 e. The fourth-order valence-corrected chi connectivity index (χ4v) is 4.26. The molecule has 136 valence electrons. The molecule has 1 aliphatic carbocycles. The van der Waals surface area contributed by atoms with Gasteiger partial charge in [-0.3, -0.25) is 4.90 Å². The summed E-state index contributed by atoms with van der Waals surface area (Å²) in [5.74, 6) is 0.515. The number of hydrogen-bond acceptors (Lipinski definition) is 2. The number of alkyl halides is 3. The summed E-state index contributed by atoms with van der Waals surface area (Å²) in [7, 11) is 0. The number of rotatable bonds is 3. The monoisotopic (exact) mass is 382 g/mol. The molecule has 7 heteroatoms. The minimum atomic E-state index is -4.40. The van der Waals surface area contributed by atoms with Crippen LogP contribution in [0, 0.1) is 5.92 Å². The summed E-state index contributed by atoms with van der Waals surface area (Å²) < 4.78 is 38.8. The maximum absolute atomic E-state index is 12.9. The summed E-state index contributed by atoms with van der Waals surface area (Å²) in [6.07, 6.45) is 0.317. The maximum Gasteiger partial charge on any atom is 0.417 e. The summed E-state index contributed by atoms with van der Waals surface area (Å²) in [5, 5.41) is 3.15. The first kappa shape index (κ1) is 19.8. The zero-order valence-electron chi connectivity index (χ0n) is 13.4. The Labute approximate surface area is 152 Å². The summed E-state index contributed by atoms with van der Waals surface area (Å²) in [4.78, 5) is 2.41. The third-order valence-corrected chi connectivity index (χ3v) is 5.34. The molecule has 3 rings (SSSR count). The molecule has 2 fully saturated rings. The van der Waals surface area contributed by atoms with Crippen molar-refractivity contribution in [1.82, 2.24) is 10.2 Å². The zero-order chi connectivity index (χ0) is 16.4. The average Bonchev–Trinajstić information content (AvgIpc) is 3.01. The highest BCUT2D eigenvalue weighted by molar-refractivity contribution is 6.31. The summed E-state index contributed by atoms with van der Waals surface area (Å²) in [5.41, 5.74) is 0.185. The van der Waals surface area contributed by atoms with Gasteiger partial charge in [-0.15, -0.1) is 12.4 Å². The van der Waals surface area contributed by atoms with E-state index in [1.165, 1.54) is 18.9 Å². The van der Waals surface area contributed by atoms with E-state index in [1.807, 2.05) is 0 Å². The lowest BCUT2D eigenvalue weighted by Gasteiger charge is -2.39. The molecule has 1 atom stereocenters. The van der Waals surface area contributed by atoms with Gasteiger partial charge in [0.05, 0.1) is 10.6 Å². The molecule has 1 aliphatic heterocycles. The van der Waals surface area contributed by atoms with E-state index >= 15 is 0 Å². The molecule has 2 nitrogen and oxygen atoms in total. The molecular weight excluding hydrogens is 360 g/mol. The van der Waals surface area contributed by atoms with Crippen LogP contribution in [0.25, 0.3) is 0 Å². The Balaban J connectivity index is 0.00000208. The highest BCUT2D eigenvalue weighted by Gasteiger charge is 2.36. The fourth-order valence-electron chi connectivity index (χ4n) is 3.96. The van der Waals surface area contributed by atoms with E-state index < -0.39 is 11.7 Å². The molecule has 0 unspecified atom stereocenters. The SMILES string of the molecule is Cl.FC(F)(F)c1ccc([C@H](C2CCCC2)N2CCNCC2)cc1Cl. The Hall–Kier alpha value is -0.490. The lowest BCUT2D eigenvalue weighted by atomic mass is 9.89. The average molecular weight is 383 g/mol. The van der Waals surface area contributed by atoms with E-state index in [-0.39, 0.29) is 23.5 Å². The van der Waals surface area contributed by atoms with Crippen molar-refractivity contribution in [2.75, 3.05) is 26.2 Å². The van der Waals surface area contributed by atoms with Crippen molar-refractivity contribution in [1.29, 1.82) is 0 Å². The third kappa shape index (κ3) is 4.37. The highest BCUT2D eigenvalue weighted by atomic mass is 35.5. The predicted molar refractivity (Wildman–Crippen MR) is 92.8 cm³/mol. The van der Waals surface area contributed by atoms with Gasteiger partial charge >= 0.3 is 6.18 Å². The van der Waals surface area contributed by atoms with Gasteiger partial charge in [-0.05, 0) is 36.5 Å². The molecule has 1 N–H and O–H groups in total. The molecule has 0 aromatic heterocycles. The van der Waals surface area contributed by atoms with Gasteiger partial charge in [0.1, 0.15) is 0 Å². The Bertz CT molecular complexity index is 539. The Morgan fingerprint density at radius 2 is 1.75 bits per heavy atom. The van der Waals surface area contributed by atoms with Crippen LogP contribution in [-0.4, -0.2) is 31.1 Å². The van der Waals surface area contributed by atoms with E-state index in [1.54, 1.807) is 6.07 Å². The second-order valence-electron chi connectivity index (χ2n) is 6.51. The van der Waals surface area contributed by atoms with Gasteiger partial charge in [0, 0.05) is 32.2 Å². The second kappa shape index (κ2) is 8.26. The van der Waals surface area contributed by atoms with Crippen LogP contribution in [0.4, 0.5) is 13.2 Å². The number of nitrogens with one attached hydrogen (secondary N) is 1. The molecule has 1 aromatic carbocycles. The molecule has 2 aliphatic rings. The first-order valence-corrected chi connectivity index (χ1v) is 8.66. The number of benzene rings is 1. The minimum absolute atomic E-state index is 0. The summed E-state index contributed by atoms with van der Waals surface area (Å²) >= 11 is 5.95. The third-order valence-electron chi connectivity index (χ3n) is 5.03. The molecule has 1 aromatic rings. The maximum atomic E-state index is 12.9. The van der Waals surface area contributed by atoms with Crippen LogP contribution in [0.3, 0.4) is 0 Å². The van der Waals surface area contributed by atoms with Crippen molar-refractivity contribution in [3.63, 3.8) is 0 Å². The normalized spacial score (nSPS) is 21.5. The lowest BCUT2D eigenvalue weighted by Crippen LogP contribution is -2.46. The summed E-state index contributed by atoms with van der Waals surface area (Å²) in [6, 6.07) is 4.48. The van der Waals surface area contributed by atoms with Crippen molar-refractivity contribution < 1.29 is 13.2 Å². The standard InChI is InChI=1S/C17H22ClF3N2.ClH/c18-15-11-13(5-6-14(15)17(19,20)21)16(12-3-1-2-4-12)23-9-7-22-8-10-23;/h5-6,11-12,16,22H,1-4,7-10H2;1H/t16-;/m0./s1. The van der Waals surface area contributed by atoms with E-state index in [9.17, 15) is 13.2 Å². The summed E-state index contributed by atoms with van der Waals surface area (Å²) in [6.45, 7) is 3.72. The molecule has 1 saturated heterocycles.